The molecule has 5 heteroatoms. The van der Waals surface area contributed by atoms with Crippen molar-refractivity contribution < 1.29 is 14.4 Å². The van der Waals surface area contributed by atoms with Gasteiger partial charge in [-0.1, -0.05) is 48.0 Å². The molecule has 0 bridgehead atoms. The Kier molecular flexibility index (Phi) is 6.26. The number of amides is 1. The zero-order valence-electron chi connectivity index (χ0n) is 20.9. The van der Waals surface area contributed by atoms with Gasteiger partial charge < -0.3 is 14.5 Å². The molecule has 1 amide bonds. The van der Waals surface area contributed by atoms with E-state index >= 15 is 0 Å². The summed E-state index contributed by atoms with van der Waals surface area (Å²) in [5.41, 5.74) is 6.02. The smallest absolute Gasteiger partial charge is 0.258 e. The Labute approximate surface area is 203 Å². The fourth-order valence-electron chi connectivity index (χ4n) is 5.86. The molecule has 5 nitrogen and oxygen atoms in total. The van der Waals surface area contributed by atoms with Crippen molar-refractivity contribution in [1.82, 2.24) is 9.96 Å². The lowest BCUT2D eigenvalue weighted by Crippen LogP contribution is -2.55. The highest BCUT2D eigenvalue weighted by molar-refractivity contribution is 6.24. The van der Waals surface area contributed by atoms with Crippen molar-refractivity contribution >= 4 is 11.5 Å². The lowest BCUT2D eigenvalue weighted by Gasteiger charge is -2.45. The van der Waals surface area contributed by atoms with E-state index in [0.717, 1.165) is 66.1 Å². The molecule has 1 aliphatic carbocycles. The van der Waals surface area contributed by atoms with Crippen LogP contribution in [0.3, 0.4) is 0 Å². The summed E-state index contributed by atoms with van der Waals surface area (Å²) in [6, 6.07) is 14.6. The van der Waals surface area contributed by atoms with Crippen molar-refractivity contribution in [3.63, 3.8) is 0 Å². The predicted octanol–water partition coefficient (Wildman–Crippen LogP) is 5.19. The van der Waals surface area contributed by atoms with Crippen LogP contribution in [0.4, 0.5) is 0 Å². The van der Waals surface area contributed by atoms with Crippen molar-refractivity contribution in [2.24, 2.45) is 5.92 Å². The van der Waals surface area contributed by atoms with E-state index in [-0.39, 0.29) is 5.91 Å². The zero-order valence-corrected chi connectivity index (χ0v) is 20.9. The first kappa shape index (κ1) is 23.1. The third kappa shape index (κ3) is 4.16. The summed E-state index contributed by atoms with van der Waals surface area (Å²) in [7, 11) is 1.73. The van der Waals surface area contributed by atoms with E-state index in [2.05, 4.69) is 49.9 Å². The molecule has 2 heterocycles. The van der Waals surface area contributed by atoms with Gasteiger partial charge in [0.1, 0.15) is 17.9 Å². The van der Waals surface area contributed by atoms with E-state index in [9.17, 15) is 4.79 Å². The molecule has 2 fully saturated rings. The van der Waals surface area contributed by atoms with Crippen molar-refractivity contribution in [2.45, 2.75) is 58.6 Å². The van der Waals surface area contributed by atoms with Gasteiger partial charge in [0.15, 0.2) is 0 Å². The van der Waals surface area contributed by atoms with Crippen molar-refractivity contribution in [3.05, 3.63) is 76.0 Å². The summed E-state index contributed by atoms with van der Waals surface area (Å²) in [5.74, 6) is 1.61. The van der Waals surface area contributed by atoms with Gasteiger partial charge >= 0.3 is 0 Å². The topological polar surface area (TPSA) is 42.0 Å². The van der Waals surface area contributed by atoms with Crippen molar-refractivity contribution in [3.8, 4) is 0 Å². The van der Waals surface area contributed by atoms with E-state index in [0.29, 0.717) is 12.5 Å². The molecule has 2 aliphatic heterocycles. The summed E-state index contributed by atoms with van der Waals surface area (Å²) in [4.78, 5) is 22.0. The number of aryl methyl sites for hydroxylation is 3. The highest BCUT2D eigenvalue weighted by atomic mass is 16.7. The second-order valence-electron chi connectivity index (χ2n) is 10.3. The maximum absolute atomic E-state index is 14.2. The van der Waals surface area contributed by atoms with Gasteiger partial charge in [-0.05, 0) is 74.6 Å². The molecular formula is C29H36N2O3. The predicted molar refractivity (Wildman–Crippen MR) is 134 cm³/mol. The number of nitrogens with zero attached hydrogens (tertiary/aromatic N) is 2. The first-order chi connectivity index (χ1) is 16.4. The van der Waals surface area contributed by atoms with Crippen LogP contribution in [-0.2, 0) is 21.0 Å². The maximum atomic E-state index is 14.2. The number of carbonyl (C=O) groups is 1. The minimum Gasteiger partial charge on any atom is -0.490 e. The van der Waals surface area contributed by atoms with Crippen LogP contribution >= 0.6 is 0 Å². The van der Waals surface area contributed by atoms with Crippen LogP contribution in [0.5, 0.6) is 0 Å². The van der Waals surface area contributed by atoms with Crippen molar-refractivity contribution in [1.29, 1.82) is 0 Å². The van der Waals surface area contributed by atoms with Crippen LogP contribution < -0.4 is 0 Å². The molecule has 1 saturated carbocycles. The zero-order chi connectivity index (χ0) is 23.9. The minimum atomic E-state index is -0.414. The molecular weight excluding hydrogens is 424 g/mol. The molecule has 2 aromatic carbocycles. The van der Waals surface area contributed by atoms with Gasteiger partial charge in [-0.2, -0.15) is 5.06 Å². The van der Waals surface area contributed by atoms with Crippen LogP contribution in [0.1, 0.15) is 53.5 Å². The minimum absolute atomic E-state index is 0.135. The Morgan fingerprint density at radius 2 is 1.65 bits per heavy atom. The standard InChI is InChI=1S/C29H36N2O3/c1-20-16-21(2)25(22(3)17-20)26-27(34-19-24-8-6-5-7-9-24)29(12-14-30(33-4)15-13-29)31(28(26)32)18-23-10-11-23/h5-9,16-17,23H,10-15,18-19H2,1-4H3. The highest BCUT2D eigenvalue weighted by Gasteiger charge is 2.55. The summed E-state index contributed by atoms with van der Waals surface area (Å²) in [6.07, 6.45) is 4.05. The molecule has 0 aromatic heterocycles. The fourth-order valence-corrected chi connectivity index (χ4v) is 5.86. The van der Waals surface area contributed by atoms with Crippen LogP contribution in [-0.4, -0.2) is 48.2 Å². The first-order valence-electron chi connectivity index (χ1n) is 12.5. The molecule has 1 spiro atoms. The van der Waals surface area contributed by atoms with Gasteiger partial charge in [0.2, 0.25) is 0 Å². The van der Waals surface area contributed by atoms with E-state index in [4.69, 9.17) is 9.57 Å². The molecule has 0 atom stereocenters. The third-order valence-corrected chi connectivity index (χ3v) is 7.72. The summed E-state index contributed by atoms with van der Waals surface area (Å²) < 4.78 is 6.72. The molecule has 34 heavy (non-hydrogen) atoms. The number of hydrogen-bond donors (Lipinski definition) is 0. The van der Waals surface area contributed by atoms with Crippen LogP contribution in [0.25, 0.3) is 5.57 Å². The summed E-state index contributed by atoms with van der Waals surface area (Å²) >= 11 is 0. The number of carbonyl (C=O) groups excluding carboxylic acids is 1. The maximum Gasteiger partial charge on any atom is 0.258 e. The van der Waals surface area contributed by atoms with E-state index in [1.165, 1.54) is 18.4 Å². The molecule has 5 rings (SSSR count). The largest absolute Gasteiger partial charge is 0.490 e. The molecule has 180 valence electrons. The third-order valence-electron chi connectivity index (χ3n) is 7.72. The van der Waals surface area contributed by atoms with Gasteiger partial charge in [-0.25, -0.2) is 0 Å². The first-order valence-corrected chi connectivity index (χ1v) is 12.5. The number of hydrogen-bond acceptors (Lipinski definition) is 4. The lowest BCUT2D eigenvalue weighted by atomic mass is 9.83. The Hall–Kier alpha value is -2.63. The second kappa shape index (κ2) is 9.20. The number of benzene rings is 2. The number of ether oxygens (including phenoxy) is 1. The molecule has 0 radical (unpaired) electrons. The van der Waals surface area contributed by atoms with E-state index in [1.807, 2.05) is 23.3 Å². The fraction of sp³-hybridized carbons (Fsp3) is 0.483. The highest BCUT2D eigenvalue weighted by Crippen LogP contribution is 2.50. The lowest BCUT2D eigenvalue weighted by molar-refractivity contribution is -0.165. The average Bonchev–Trinajstić information content (AvgIpc) is 3.62. The Morgan fingerprint density at radius 1 is 1.00 bits per heavy atom. The van der Waals surface area contributed by atoms with E-state index < -0.39 is 5.54 Å². The van der Waals surface area contributed by atoms with Crippen LogP contribution in [0.2, 0.25) is 0 Å². The summed E-state index contributed by atoms with van der Waals surface area (Å²) in [6.45, 7) is 9.19. The number of rotatable bonds is 7. The number of piperidine rings is 1. The second-order valence-corrected chi connectivity index (χ2v) is 10.3. The Balaban J connectivity index is 1.63. The van der Waals surface area contributed by atoms with Gasteiger partial charge in [0.05, 0.1) is 12.7 Å². The Bertz CT molecular complexity index is 1070. The molecule has 0 unspecified atom stereocenters. The van der Waals surface area contributed by atoms with E-state index in [1.54, 1.807) is 7.11 Å². The van der Waals surface area contributed by atoms with Gasteiger partial charge in [0, 0.05) is 19.6 Å². The SMILES string of the molecule is CON1CCC2(CC1)C(OCc1ccccc1)=C(c1c(C)cc(C)cc1C)C(=O)N2CC1CC1. The average molecular weight is 461 g/mol. The number of hydroxylamine groups is 2. The Morgan fingerprint density at radius 3 is 2.24 bits per heavy atom. The molecule has 3 aliphatic rings. The normalized spacial score (nSPS) is 20.5. The van der Waals surface area contributed by atoms with Crippen LogP contribution in [0, 0.1) is 26.7 Å². The molecule has 2 aromatic rings. The summed E-state index contributed by atoms with van der Waals surface area (Å²) in [5, 5.41) is 2.00. The van der Waals surface area contributed by atoms with Crippen LogP contribution in [0.15, 0.2) is 48.2 Å². The van der Waals surface area contributed by atoms with Gasteiger partial charge in [0.25, 0.3) is 5.91 Å². The molecule has 1 saturated heterocycles. The van der Waals surface area contributed by atoms with Crippen molar-refractivity contribution in [2.75, 3.05) is 26.7 Å². The molecule has 0 N–H and O–H groups in total. The van der Waals surface area contributed by atoms with Gasteiger partial charge in [-0.3, -0.25) is 4.79 Å². The van der Waals surface area contributed by atoms with Gasteiger partial charge in [-0.15, -0.1) is 0 Å². The monoisotopic (exact) mass is 460 g/mol. The quantitative estimate of drug-likeness (QED) is 0.570.